The molecular formula is C12H15ClN2O3S. The summed E-state index contributed by atoms with van der Waals surface area (Å²) in [5.41, 5.74) is 0.518. The molecule has 104 valence electrons. The zero-order chi connectivity index (χ0) is 14.5. The Kier molecular flexibility index (Phi) is 5.53. The molecule has 0 aliphatic heterocycles. The molecular weight excluding hydrogens is 288 g/mol. The van der Waals surface area contributed by atoms with Gasteiger partial charge in [-0.2, -0.15) is 4.31 Å². The molecule has 1 aromatic carbocycles. The highest BCUT2D eigenvalue weighted by molar-refractivity contribution is 7.88. The van der Waals surface area contributed by atoms with Crippen LogP contribution in [-0.4, -0.2) is 38.0 Å². The normalized spacial score (nSPS) is 11.3. The van der Waals surface area contributed by atoms with Crippen LogP contribution in [0.3, 0.4) is 0 Å². The quantitative estimate of drug-likeness (QED) is 0.814. The van der Waals surface area contributed by atoms with Gasteiger partial charge in [-0.05, 0) is 18.2 Å². The number of carbonyl (C=O) groups excluding carboxylic acids is 1. The second kappa shape index (κ2) is 6.70. The topological polar surface area (TPSA) is 66.5 Å². The number of carbonyl (C=O) groups is 1. The number of hydrogen-bond acceptors (Lipinski definition) is 3. The summed E-state index contributed by atoms with van der Waals surface area (Å²) in [6, 6.07) is 6.62. The average molecular weight is 303 g/mol. The third-order valence-electron chi connectivity index (χ3n) is 2.23. The van der Waals surface area contributed by atoms with E-state index in [1.54, 1.807) is 24.3 Å². The zero-order valence-corrected chi connectivity index (χ0v) is 12.0. The Morgan fingerprint density at radius 3 is 2.74 bits per heavy atom. The van der Waals surface area contributed by atoms with Gasteiger partial charge in [-0.3, -0.25) is 4.79 Å². The largest absolute Gasteiger partial charge is 0.325 e. The van der Waals surface area contributed by atoms with Crippen LogP contribution in [0.1, 0.15) is 0 Å². The van der Waals surface area contributed by atoms with E-state index in [0.717, 1.165) is 10.6 Å². The van der Waals surface area contributed by atoms with E-state index in [0.29, 0.717) is 10.7 Å². The summed E-state index contributed by atoms with van der Waals surface area (Å²) in [5, 5.41) is 3.07. The molecule has 1 N–H and O–H groups in total. The molecule has 0 heterocycles. The fourth-order valence-electron chi connectivity index (χ4n) is 1.39. The molecule has 1 aromatic rings. The molecule has 0 aliphatic rings. The van der Waals surface area contributed by atoms with E-state index in [-0.39, 0.29) is 13.1 Å². The lowest BCUT2D eigenvalue weighted by atomic mass is 10.3. The van der Waals surface area contributed by atoms with Crippen molar-refractivity contribution in [3.63, 3.8) is 0 Å². The molecule has 0 atom stereocenters. The van der Waals surface area contributed by atoms with Gasteiger partial charge in [-0.15, -0.1) is 6.58 Å². The van der Waals surface area contributed by atoms with Gasteiger partial charge < -0.3 is 5.32 Å². The molecule has 0 spiro atoms. The first-order valence-corrected chi connectivity index (χ1v) is 7.67. The molecule has 0 aromatic heterocycles. The van der Waals surface area contributed by atoms with Gasteiger partial charge in [0.2, 0.25) is 15.9 Å². The second-order valence-electron chi connectivity index (χ2n) is 3.90. The van der Waals surface area contributed by atoms with Crippen LogP contribution in [0.5, 0.6) is 0 Å². The number of anilines is 1. The molecule has 1 rings (SSSR count). The molecule has 0 fully saturated rings. The van der Waals surface area contributed by atoms with E-state index in [1.165, 1.54) is 6.08 Å². The van der Waals surface area contributed by atoms with Gasteiger partial charge in [0.1, 0.15) is 0 Å². The van der Waals surface area contributed by atoms with Crippen molar-refractivity contribution < 1.29 is 13.2 Å². The summed E-state index contributed by atoms with van der Waals surface area (Å²) in [4.78, 5) is 11.8. The van der Waals surface area contributed by atoms with Crippen LogP contribution < -0.4 is 5.32 Å². The van der Waals surface area contributed by atoms with Crippen molar-refractivity contribution in [2.45, 2.75) is 0 Å². The lowest BCUT2D eigenvalue weighted by Crippen LogP contribution is -2.37. The smallest absolute Gasteiger partial charge is 0.239 e. The molecule has 1 amide bonds. The Balaban J connectivity index is 2.71. The van der Waals surface area contributed by atoms with Crippen LogP contribution in [0.15, 0.2) is 36.9 Å². The molecule has 0 unspecified atom stereocenters. The van der Waals surface area contributed by atoms with Crippen molar-refractivity contribution in [3.05, 3.63) is 41.9 Å². The molecule has 5 nitrogen and oxygen atoms in total. The Hall–Kier alpha value is -1.37. The summed E-state index contributed by atoms with van der Waals surface area (Å²) in [7, 11) is -3.45. The van der Waals surface area contributed by atoms with E-state index < -0.39 is 15.9 Å². The number of hydrogen-bond donors (Lipinski definition) is 1. The third-order valence-corrected chi connectivity index (χ3v) is 3.68. The van der Waals surface area contributed by atoms with Gasteiger partial charge in [0, 0.05) is 17.3 Å². The molecule has 19 heavy (non-hydrogen) atoms. The predicted octanol–water partition coefficient (Wildman–Crippen LogP) is 1.73. The van der Waals surface area contributed by atoms with E-state index in [9.17, 15) is 13.2 Å². The third kappa shape index (κ3) is 5.42. The van der Waals surface area contributed by atoms with E-state index in [2.05, 4.69) is 11.9 Å². The maximum absolute atomic E-state index is 11.8. The van der Waals surface area contributed by atoms with Gasteiger partial charge >= 0.3 is 0 Å². The number of nitrogens with zero attached hydrogens (tertiary/aromatic N) is 1. The maximum atomic E-state index is 11.8. The van der Waals surface area contributed by atoms with Crippen LogP contribution in [0.4, 0.5) is 5.69 Å². The molecule has 0 radical (unpaired) electrons. The Morgan fingerprint density at radius 2 is 2.21 bits per heavy atom. The fraction of sp³-hybridized carbons (Fsp3) is 0.250. The number of sulfonamides is 1. The summed E-state index contributed by atoms with van der Waals surface area (Å²) in [5.74, 6) is -0.436. The highest BCUT2D eigenvalue weighted by Crippen LogP contribution is 2.14. The summed E-state index contributed by atoms with van der Waals surface area (Å²) < 4.78 is 23.9. The van der Waals surface area contributed by atoms with Crippen molar-refractivity contribution >= 4 is 33.2 Å². The number of rotatable bonds is 6. The summed E-state index contributed by atoms with van der Waals surface area (Å²) >= 11 is 5.79. The Labute approximate surface area is 117 Å². The SMILES string of the molecule is C=CCN(CC(=O)Nc1cccc(Cl)c1)S(C)(=O)=O. The monoisotopic (exact) mass is 302 g/mol. The van der Waals surface area contributed by atoms with Crippen LogP contribution in [-0.2, 0) is 14.8 Å². The highest BCUT2D eigenvalue weighted by Gasteiger charge is 2.18. The first kappa shape index (κ1) is 15.7. The molecule has 0 saturated heterocycles. The summed E-state index contributed by atoms with van der Waals surface area (Å²) in [6.07, 6.45) is 2.47. The van der Waals surface area contributed by atoms with Gasteiger partial charge in [0.15, 0.2) is 0 Å². The predicted molar refractivity (Wildman–Crippen MR) is 76.7 cm³/mol. The van der Waals surface area contributed by atoms with Crippen molar-refractivity contribution in [1.82, 2.24) is 4.31 Å². The first-order valence-electron chi connectivity index (χ1n) is 5.44. The number of benzene rings is 1. The number of amides is 1. The molecule has 7 heteroatoms. The zero-order valence-electron chi connectivity index (χ0n) is 10.5. The Morgan fingerprint density at radius 1 is 1.53 bits per heavy atom. The van der Waals surface area contributed by atoms with Crippen LogP contribution >= 0.6 is 11.6 Å². The van der Waals surface area contributed by atoms with Gasteiger partial charge in [-0.25, -0.2) is 8.42 Å². The minimum Gasteiger partial charge on any atom is -0.325 e. The highest BCUT2D eigenvalue weighted by atomic mass is 35.5. The van der Waals surface area contributed by atoms with Gasteiger partial charge in [0.25, 0.3) is 0 Å². The first-order chi connectivity index (χ1) is 8.82. The van der Waals surface area contributed by atoms with Crippen molar-refractivity contribution in [3.8, 4) is 0 Å². The van der Waals surface area contributed by atoms with E-state index in [1.807, 2.05) is 0 Å². The lowest BCUT2D eigenvalue weighted by Gasteiger charge is -2.17. The second-order valence-corrected chi connectivity index (χ2v) is 6.32. The molecule has 0 saturated carbocycles. The molecule has 0 aliphatic carbocycles. The van der Waals surface area contributed by atoms with Gasteiger partial charge in [-0.1, -0.05) is 23.7 Å². The van der Waals surface area contributed by atoms with Crippen molar-refractivity contribution in [1.29, 1.82) is 0 Å². The minimum atomic E-state index is -3.45. The number of halogens is 1. The average Bonchev–Trinajstić information content (AvgIpc) is 2.27. The van der Waals surface area contributed by atoms with E-state index in [4.69, 9.17) is 11.6 Å². The number of nitrogens with one attached hydrogen (secondary N) is 1. The van der Waals surface area contributed by atoms with E-state index >= 15 is 0 Å². The van der Waals surface area contributed by atoms with Crippen LogP contribution in [0, 0.1) is 0 Å². The standard InChI is InChI=1S/C12H15ClN2O3S/c1-3-7-15(19(2,17)18)9-12(16)14-11-6-4-5-10(13)8-11/h3-6,8H,1,7,9H2,2H3,(H,14,16). The minimum absolute atomic E-state index is 0.0851. The Bertz CT molecular complexity index is 572. The maximum Gasteiger partial charge on any atom is 0.239 e. The lowest BCUT2D eigenvalue weighted by molar-refractivity contribution is -0.116. The van der Waals surface area contributed by atoms with Crippen LogP contribution in [0.2, 0.25) is 5.02 Å². The molecule has 0 bridgehead atoms. The fourth-order valence-corrected chi connectivity index (χ4v) is 2.31. The summed E-state index contributed by atoms with van der Waals surface area (Å²) in [6.45, 7) is 3.28. The van der Waals surface area contributed by atoms with Crippen LogP contribution in [0.25, 0.3) is 0 Å². The van der Waals surface area contributed by atoms with Crippen molar-refractivity contribution in [2.75, 3.05) is 24.7 Å². The van der Waals surface area contributed by atoms with Crippen molar-refractivity contribution in [2.24, 2.45) is 0 Å². The van der Waals surface area contributed by atoms with Gasteiger partial charge in [0.05, 0.1) is 12.8 Å².